The van der Waals surface area contributed by atoms with Crippen LogP contribution in [0.2, 0.25) is 0 Å². The molecule has 2 heterocycles. The van der Waals surface area contributed by atoms with Crippen molar-refractivity contribution in [2.75, 3.05) is 40.3 Å². The van der Waals surface area contributed by atoms with E-state index in [1.807, 2.05) is 11.9 Å². The van der Waals surface area contributed by atoms with Crippen LogP contribution in [-0.2, 0) is 14.8 Å². The molecule has 1 aromatic rings. The summed E-state index contributed by atoms with van der Waals surface area (Å²) in [6.07, 6.45) is 2.12. The quantitative estimate of drug-likeness (QED) is 0.843. The van der Waals surface area contributed by atoms with E-state index in [1.54, 1.807) is 36.2 Å². The summed E-state index contributed by atoms with van der Waals surface area (Å²) in [4.78, 5) is 16.4. The lowest BCUT2D eigenvalue weighted by molar-refractivity contribution is -0.133. The third kappa shape index (κ3) is 3.69. The summed E-state index contributed by atoms with van der Waals surface area (Å²) in [5.41, 5.74) is 0.560. The summed E-state index contributed by atoms with van der Waals surface area (Å²) in [5, 5.41) is 3.17. The van der Waals surface area contributed by atoms with Crippen LogP contribution in [0.1, 0.15) is 18.4 Å². The Morgan fingerprint density at radius 2 is 2.16 bits per heavy atom. The van der Waals surface area contributed by atoms with Gasteiger partial charge in [0.15, 0.2) is 5.84 Å². The van der Waals surface area contributed by atoms with Crippen molar-refractivity contribution in [2.24, 2.45) is 10.3 Å². The van der Waals surface area contributed by atoms with Crippen LogP contribution in [-0.4, -0.2) is 70.2 Å². The normalized spacial score (nSPS) is 21.6. The van der Waals surface area contributed by atoms with Crippen LogP contribution in [0.15, 0.2) is 33.6 Å². The van der Waals surface area contributed by atoms with Crippen LogP contribution < -0.4 is 5.32 Å². The highest BCUT2D eigenvalue weighted by Crippen LogP contribution is 2.27. The summed E-state index contributed by atoms with van der Waals surface area (Å²) >= 11 is 0. The number of carbonyl (C=O) groups is 1. The van der Waals surface area contributed by atoms with Crippen molar-refractivity contribution in [1.29, 1.82) is 0 Å². The molecule has 2 aliphatic rings. The molecular weight excluding hydrogens is 340 g/mol. The third-order valence-corrected chi connectivity index (χ3v) is 6.04. The number of piperidine rings is 1. The summed E-state index contributed by atoms with van der Waals surface area (Å²) in [6.45, 7) is 2.52. The third-order valence-electron chi connectivity index (χ3n) is 4.71. The van der Waals surface area contributed by atoms with Crippen molar-refractivity contribution in [3.63, 3.8) is 0 Å². The van der Waals surface area contributed by atoms with E-state index in [1.165, 1.54) is 0 Å². The molecule has 7 nitrogen and oxygen atoms in total. The Hall–Kier alpha value is -1.93. The molecule has 0 aromatic heterocycles. The lowest BCUT2D eigenvalue weighted by Gasteiger charge is -2.34. The molecule has 3 rings (SSSR count). The Kier molecular flexibility index (Phi) is 5.10. The smallest absolute Gasteiger partial charge is 0.285 e. The Morgan fingerprint density at radius 1 is 1.40 bits per heavy atom. The fourth-order valence-electron chi connectivity index (χ4n) is 3.49. The fraction of sp³-hybridized carbons (Fsp3) is 0.529. The average Bonchev–Trinajstić information content (AvgIpc) is 2.87. The Morgan fingerprint density at radius 3 is 2.92 bits per heavy atom. The van der Waals surface area contributed by atoms with Gasteiger partial charge in [-0.2, -0.15) is 8.42 Å². The number of likely N-dealkylation sites (tertiary alicyclic amines) is 1. The number of hydrogen-bond donors (Lipinski definition) is 1. The first kappa shape index (κ1) is 17.9. The number of carbonyl (C=O) groups excluding carboxylic acids is 1. The van der Waals surface area contributed by atoms with Crippen LogP contribution >= 0.6 is 0 Å². The van der Waals surface area contributed by atoms with Gasteiger partial charge in [-0.05, 0) is 44.5 Å². The van der Waals surface area contributed by atoms with E-state index in [2.05, 4.69) is 9.71 Å². The molecule has 1 aromatic carbocycles. The maximum Gasteiger partial charge on any atom is 0.285 e. The number of fused-ring (bicyclic) bond motifs is 1. The van der Waals surface area contributed by atoms with Crippen molar-refractivity contribution in [3.05, 3.63) is 29.8 Å². The lowest BCUT2D eigenvalue weighted by atomic mass is 9.98. The largest absolute Gasteiger partial charge is 0.349 e. The monoisotopic (exact) mass is 364 g/mol. The molecule has 8 heteroatoms. The number of hydrogen-bond acceptors (Lipinski definition) is 5. The highest BCUT2D eigenvalue weighted by atomic mass is 32.2. The second-order valence-electron chi connectivity index (χ2n) is 6.65. The van der Waals surface area contributed by atoms with Crippen molar-refractivity contribution in [2.45, 2.75) is 17.7 Å². The highest BCUT2D eigenvalue weighted by Gasteiger charge is 2.32. The molecular formula is C17H24N4O3S. The van der Waals surface area contributed by atoms with E-state index in [4.69, 9.17) is 0 Å². The number of nitrogens with one attached hydrogen (secondary N) is 1. The van der Waals surface area contributed by atoms with E-state index in [0.29, 0.717) is 17.3 Å². The van der Waals surface area contributed by atoms with Crippen LogP contribution in [0.3, 0.4) is 0 Å². The number of likely N-dealkylation sites (N-methyl/N-ethyl adjacent to an activating group) is 1. The predicted octanol–water partition coefficient (Wildman–Crippen LogP) is 0.525. The lowest BCUT2D eigenvalue weighted by Crippen LogP contribution is -2.46. The first-order valence-corrected chi connectivity index (χ1v) is 9.94. The van der Waals surface area contributed by atoms with Gasteiger partial charge in [0, 0.05) is 25.7 Å². The maximum atomic E-state index is 12.6. The minimum atomic E-state index is -3.66. The van der Waals surface area contributed by atoms with Crippen LogP contribution in [0.4, 0.5) is 0 Å². The molecule has 1 saturated heterocycles. The van der Waals surface area contributed by atoms with Gasteiger partial charge >= 0.3 is 0 Å². The molecule has 0 aliphatic carbocycles. The first-order chi connectivity index (χ1) is 11.9. The van der Waals surface area contributed by atoms with Gasteiger partial charge < -0.3 is 15.1 Å². The molecule has 1 fully saturated rings. The van der Waals surface area contributed by atoms with Crippen LogP contribution in [0, 0.1) is 5.92 Å². The molecule has 0 spiro atoms. The summed E-state index contributed by atoms with van der Waals surface area (Å²) < 4.78 is 28.2. The molecule has 0 saturated carbocycles. The van der Waals surface area contributed by atoms with Gasteiger partial charge in [0.05, 0.1) is 6.54 Å². The summed E-state index contributed by atoms with van der Waals surface area (Å²) in [6, 6.07) is 6.72. The zero-order chi connectivity index (χ0) is 18.0. The van der Waals surface area contributed by atoms with Crippen LogP contribution in [0.5, 0.6) is 0 Å². The molecule has 0 radical (unpaired) electrons. The number of sulfonamides is 1. The summed E-state index contributed by atoms with van der Waals surface area (Å²) in [5.74, 6) is 0.818. The predicted molar refractivity (Wildman–Crippen MR) is 96.0 cm³/mol. The van der Waals surface area contributed by atoms with E-state index >= 15 is 0 Å². The Balaban J connectivity index is 1.70. The van der Waals surface area contributed by atoms with Crippen molar-refractivity contribution in [3.8, 4) is 0 Å². The fourth-order valence-corrected chi connectivity index (χ4v) is 4.74. The molecule has 1 unspecified atom stereocenters. The Labute approximate surface area is 148 Å². The SMILES string of the molecule is CNCC1CCCN(C(=O)CN(C)C2=NS(=O)(=O)c3ccccc32)C1. The molecule has 25 heavy (non-hydrogen) atoms. The van der Waals surface area contributed by atoms with Gasteiger partial charge in [-0.3, -0.25) is 4.79 Å². The molecule has 1 N–H and O–H groups in total. The second-order valence-corrected chi connectivity index (χ2v) is 8.22. The van der Waals surface area contributed by atoms with E-state index in [-0.39, 0.29) is 17.3 Å². The average molecular weight is 364 g/mol. The van der Waals surface area contributed by atoms with Gasteiger partial charge in [-0.15, -0.1) is 4.40 Å². The number of nitrogens with zero attached hydrogens (tertiary/aromatic N) is 3. The maximum absolute atomic E-state index is 12.6. The van der Waals surface area contributed by atoms with Crippen LogP contribution in [0.25, 0.3) is 0 Å². The highest BCUT2D eigenvalue weighted by molar-refractivity contribution is 7.90. The number of benzene rings is 1. The van der Waals surface area contributed by atoms with E-state index in [0.717, 1.165) is 32.5 Å². The first-order valence-electron chi connectivity index (χ1n) is 8.50. The molecule has 0 bridgehead atoms. The second kappa shape index (κ2) is 7.13. The number of amidine groups is 1. The summed E-state index contributed by atoms with van der Waals surface area (Å²) in [7, 11) is -0.0305. The topological polar surface area (TPSA) is 82.1 Å². The van der Waals surface area contributed by atoms with E-state index in [9.17, 15) is 13.2 Å². The van der Waals surface area contributed by atoms with Crippen molar-refractivity contribution < 1.29 is 13.2 Å². The van der Waals surface area contributed by atoms with Gasteiger partial charge in [-0.25, -0.2) is 0 Å². The molecule has 1 atom stereocenters. The van der Waals surface area contributed by atoms with Gasteiger partial charge in [0.25, 0.3) is 10.0 Å². The minimum absolute atomic E-state index is 0.00721. The van der Waals surface area contributed by atoms with Gasteiger partial charge in [0.1, 0.15) is 4.90 Å². The zero-order valence-corrected chi connectivity index (χ0v) is 15.4. The Bertz CT molecular complexity index is 789. The standard InChI is InChI=1S/C17H24N4O3S/c1-18-10-13-6-5-9-21(11-13)16(22)12-20(2)17-14-7-3-4-8-15(14)25(23,24)19-17/h3-4,7-8,13,18H,5-6,9-12H2,1-2H3. The van der Waals surface area contributed by atoms with Gasteiger partial charge in [-0.1, -0.05) is 12.1 Å². The molecule has 136 valence electrons. The minimum Gasteiger partial charge on any atom is -0.349 e. The van der Waals surface area contributed by atoms with Gasteiger partial charge in [0.2, 0.25) is 5.91 Å². The van der Waals surface area contributed by atoms with Crippen molar-refractivity contribution in [1.82, 2.24) is 15.1 Å². The number of rotatable bonds is 4. The van der Waals surface area contributed by atoms with Crippen molar-refractivity contribution >= 4 is 21.8 Å². The number of amides is 1. The zero-order valence-electron chi connectivity index (χ0n) is 14.6. The molecule has 1 amide bonds. The molecule has 2 aliphatic heterocycles. The van der Waals surface area contributed by atoms with E-state index < -0.39 is 10.0 Å².